The van der Waals surface area contributed by atoms with Gasteiger partial charge in [0.25, 0.3) is 0 Å². The van der Waals surface area contributed by atoms with E-state index in [0.717, 1.165) is 117 Å². The zero-order valence-electron chi connectivity index (χ0n) is 72.2. The van der Waals surface area contributed by atoms with Crippen LogP contribution < -0.4 is 21.3 Å². The van der Waals surface area contributed by atoms with Crippen LogP contribution in [0.2, 0.25) is 0 Å². The van der Waals surface area contributed by atoms with Gasteiger partial charge in [-0.25, -0.2) is 92.3 Å². The molecule has 17 heterocycles. The summed E-state index contributed by atoms with van der Waals surface area (Å²) in [5.74, 6) is 1.34. The van der Waals surface area contributed by atoms with Crippen LogP contribution >= 0.6 is 22.7 Å². The summed E-state index contributed by atoms with van der Waals surface area (Å²) in [5.41, 5.74) is 22.5. The number of rotatable bonds is 24. The molecule has 0 aliphatic carbocycles. The average Bonchev–Trinajstić information content (AvgIpc) is 1.62. The van der Waals surface area contributed by atoms with Gasteiger partial charge in [0.15, 0.2) is 4.96 Å². The number of aromatic amines is 1. The Morgan fingerprint density at radius 2 is 0.770 bits per heavy atom. The minimum absolute atomic E-state index is 0.0592. The summed E-state index contributed by atoms with van der Waals surface area (Å²) in [6.45, 7) is 6.99. The zero-order chi connectivity index (χ0) is 92.6. The second-order valence-electron chi connectivity index (χ2n) is 31.0. The van der Waals surface area contributed by atoms with Crippen LogP contribution in [0.3, 0.4) is 0 Å². The van der Waals surface area contributed by atoms with E-state index in [1.54, 1.807) is 96.0 Å². The highest BCUT2D eigenvalue weighted by Crippen LogP contribution is 2.39. The monoisotopic (exact) mass is 1840 g/mol. The SMILES string of the molecule is Cc1cccc(CNc2nccc(-c3c(-c4ccc(F)cc4)nc4cc(CO)ccn34)n2)n1.Cc1nc(C(C)Nc2nccc(-c3c(-c4ccc(F)cc4)nc4cc(CO)ccn34)n2)cs1.OCc1ccn2c(-c3ccnc(NCc4cn5ccsc5n4)n3)c(-c3ccc(F)cc3)nc2c1.OCc1ccn2c(-c3ccnc(NCc4nc5ccccc5[nH]4)n3)c(-c3ccc(F)cc3)nc2c1. The molecule has 0 saturated heterocycles. The van der Waals surface area contributed by atoms with Gasteiger partial charge in [-0.3, -0.25) is 27.0 Å². The highest BCUT2D eigenvalue weighted by molar-refractivity contribution is 7.15. The van der Waals surface area contributed by atoms with Crippen LogP contribution in [0.4, 0.5) is 41.4 Å². The molecule has 9 N–H and O–H groups in total. The average molecular weight is 1840 g/mol. The molecule has 670 valence electrons. The first-order valence-electron chi connectivity index (χ1n) is 42.5. The fraction of sp³-hybridized carbons (Fsp3) is 0.111. The molecule has 0 saturated carbocycles. The molecule has 36 heteroatoms. The van der Waals surface area contributed by atoms with Crippen LogP contribution in [0.15, 0.2) is 285 Å². The Morgan fingerprint density at radius 3 is 1.16 bits per heavy atom. The number of aliphatic hydroxyl groups is 4. The van der Waals surface area contributed by atoms with Crippen molar-refractivity contribution < 1.29 is 38.0 Å². The number of aliphatic hydroxyl groups excluding tert-OH is 4. The van der Waals surface area contributed by atoms with Gasteiger partial charge >= 0.3 is 0 Å². The normalized spacial score (nSPS) is 11.5. The van der Waals surface area contributed by atoms with E-state index >= 15 is 0 Å². The van der Waals surface area contributed by atoms with Crippen molar-refractivity contribution in [2.24, 2.45) is 0 Å². The summed E-state index contributed by atoms with van der Waals surface area (Å²) in [5, 5.41) is 56.2. The topological polar surface area (TPSA) is 373 Å². The fourth-order valence-corrected chi connectivity index (χ4v) is 16.7. The van der Waals surface area contributed by atoms with E-state index in [2.05, 4.69) is 66.1 Å². The molecular weight excluding hydrogens is 1760 g/mol. The summed E-state index contributed by atoms with van der Waals surface area (Å²) >= 11 is 3.18. The zero-order valence-corrected chi connectivity index (χ0v) is 73.8. The molecule has 17 aromatic heterocycles. The molecule has 0 spiro atoms. The summed E-state index contributed by atoms with van der Waals surface area (Å²) in [7, 11) is 0. The van der Waals surface area contributed by atoms with Gasteiger partial charge in [0.2, 0.25) is 23.8 Å². The van der Waals surface area contributed by atoms with Crippen LogP contribution in [0, 0.1) is 37.1 Å². The third kappa shape index (κ3) is 19.6. The highest BCUT2D eigenvalue weighted by atomic mass is 32.1. The Balaban J connectivity index is 0.000000116. The Hall–Kier alpha value is -16.6. The second-order valence-corrected chi connectivity index (χ2v) is 33.0. The number of H-pyrrole nitrogens is 1. The number of hydrogen-bond donors (Lipinski definition) is 9. The maximum atomic E-state index is 13.6. The molecule has 0 amide bonds. The molecule has 0 aliphatic rings. The van der Waals surface area contributed by atoms with E-state index < -0.39 is 0 Å². The van der Waals surface area contributed by atoms with Crippen molar-refractivity contribution in [1.29, 1.82) is 0 Å². The minimum atomic E-state index is -0.319. The lowest BCUT2D eigenvalue weighted by Crippen LogP contribution is -2.10. The van der Waals surface area contributed by atoms with Crippen molar-refractivity contribution >= 4 is 85.0 Å². The van der Waals surface area contributed by atoms with Crippen molar-refractivity contribution in [2.75, 3.05) is 21.3 Å². The quantitative estimate of drug-likeness (QED) is 0.0254. The van der Waals surface area contributed by atoms with Gasteiger partial charge in [0, 0.05) is 101 Å². The molecule has 30 nitrogen and oxygen atoms in total. The van der Waals surface area contributed by atoms with E-state index in [9.17, 15) is 38.0 Å². The van der Waals surface area contributed by atoms with Gasteiger partial charge in [0.1, 0.15) is 51.7 Å². The summed E-state index contributed by atoms with van der Waals surface area (Å²) in [6.07, 6.45) is 18.1. The number of halogens is 4. The number of nitrogens with zero attached hydrogens (tertiary/aromatic N) is 21. The van der Waals surface area contributed by atoms with E-state index in [1.807, 2.05) is 206 Å². The molecule has 22 aromatic rings. The number of aromatic nitrogens is 22. The maximum Gasteiger partial charge on any atom is 0.223 e. The predicted molar refractivity (Wildman–Crippen MR) is 509 cm³/mol. The molecule has 0 fully saturated rings. The molecule has 22 rings (SSSR count). The first-order chi connectivity index (χ1) is 66.0. The third-order valence-corrected chi connectivity index (χ3v) is 23.3. The summed E-state index contributed by atoms with van der Waals surface area (Å²) in [4.78, 5) is 77.9. The predicted octanol–water partition coefficient (Wildman–Crippen LogP) is 18.4. The number of aryl methyl sites for hydroxylation is 2. The number of hydrogen-bond acceptors (Lipinski definition) is 26. The number of thiazole rings is 2. The second kappa shape index (κ2) is 39.2. The number of imidazole rings is 6. The van der Waals surface area contributed by atoms with E-state index in [1.165, 1.54) is 48.5 Å². The summed E-state index contributed by atoms with van der Waals surface area (Å²) in [6, 6.07) is 60.3. The van der Waals surface area contributed by atoms with E-state index in [-0.39, 0.29) is 55.7 Å². The molecule has 1 atom stereocenters. The van der Waals surface area contributed by atoms with E-state index in [0.29, 0.717) is 112 Å². The first-order valence-corrected chi connectivity index (χ1v) is 44.3. The Bertz CT molecular complexity index is 7940. The molecule has 0 bridgehead atoms. The third-order valence-electron chi connectivity index (χ3n) is 21.8. The first kappa shape index (κ1) is 87.7. The van der Waals surface area contributed by atoms with Crippen molar-refractivity contribution in [3.63, 3.8) is 0 Å². The van der Waals surface area contributed by atoms with Gasteiger partial charge in [-0.1, -0.05) is 18.2 Å². The van der Waals surface area contributed by atoms with Crippen LogP contribution in [0.5, 0.6) is 0 Å². The number of pyridine rings is 5. The molecule has 0 radical (unpaired) electrons. The number of nitrogens with one attached hydrogen (secondary N) is 5. The minimum Gasteiger partial charge on any atom is -0.392 e. The smallest absolute Gasteiger partial charge is 0.223 e. The van der Waals surface area contributed by atoms with Crippen LogP contribution in [-0.4, -0.2) is 127 Å². The summed E-state index contributed by atoms with van der Waals surface area (Å²) < 4.78 is 63.9. The van der Waals surface area contributed by atoms with Gasteiger partial charge in [0.05, 0.1) is 154 Å². The van der Waals surface area contributed by atoms with Crippen molar-refractivity contribution in [1.82, 2.24) is 107 Å². The van der Waals surface area contributed by atoms with Gasteiger partial charge < -0.3 is 46.7 Å². The van der Waals surface area contributed by atoms with Gasteiger partial charge in [-0.05, 0) is 237 Å². The standard InChI is InChI=1S/C26H20FN7O.C25H21FN6O.C24H18FN7OS.C24H21FN6OS/c27-18-7-5-17(6-8-18)24-25(34-12-10-16(15-35)13-23(34)33-24)21-9-11-28-26(32-21)29-14-22-30-19-3-1-2-4-20(19)31-22;1-16-3-2-4-20(29-16)14-28-25-27-11-9-21(30-25)24-23(18-5-7-19(26)8-6-18)31-22-13-17(15-33)10-12-32(22)24;25-17-3-1-16(2-4-17)21-22(32-8-6-15(14-33)11-20(32)30-21)19-5-7-26-23(29-19)27-12-18-13-31-9-10-34-24(31)28-18;1-14(20-13-33-15(2)28-20)27-24-26-9-7-19(29-24)23-22(17-3-5-18(25)6-4-17)30-21-11-16(12-32)8-10-31(21)23/h1-13,35H,14-15H2,(H,30,31)(H,28,29,32);2-13,33H,14-15H2,1H3,(H,27,28,30);1-11,13,33H,12,14H2,(H,26,27,29);3-11,13-14,32H,12H2,1-2H3,(H,26,27,29). The molecule has 0 aliphatic heterocycles. The van der Waals surface area contributed by atoms with E-state index in [4.69, 9.17) is 39.9 Å². The number of anilines is 4. The maximum absolute atomic E-state index is 13.6. The van der Waals surface area contributed by atoms with Crippen LogP contribution in [0.25, 0.3) is 129 Å². The van der Waals surface area contributed by atoms with Crippen molar-refractivity contribution in [2.45, 2.75) is 72.9 Å². The van der Waals surface area contributed by atoms with Crippen molar-refractivity contribution in [3.05, 3.63) is 364 Å². The molecular formula is C99H80F4N26O4S2. The number of fused-ring (bicyclic) bond motifs is 6. The van der Waals surface area contributed by atoms with Crippen molar-refractivity contribution in [3.8, 4) is 90.6 Å². The molecule has 1 unspecified atom stereocenters. The Labute approximate surface area is 774 Å². The van der Waals surface area contributed by atoms with Gasteiger partial charge in [-0.15, -0.1) is 22.7 Å². The Morgan fingerprint density at radius 1 is 0.378 bits per heavy atom. The molecule has 5 aromatic carbocycles. The number of para-hydroxylation sites is 2. The van der Waals surface area contributed by atoms with Crippen LogP contribution in [-0.2, 0) is 46.1 Å². The Kier molecular flexibility index (Phi) is 25.5. The molecule has 135 heavy (non-hydrogen) atoms. The lowest BCUT2D eigenvalue weighted by Gasteiger charge is -2.12. The van der Waals surface area contributed by atoms with Gasteiger partial charge in [-0.2, -0.15) is 0 Å². The highest BCUT2D eigenvalue weighted by Gasteiger charge is 2.25. The van der Waals surface area contributed by atoms with Crippen LogP contribution in [0.1, 0.15) is 68.8 Å². The lowest BCUT2D eigenvalue weighted by atomic mass is 10.1. The largest absolute Gasteiger partial charge is 0.392 e. The number of benzene rings is 5. The fourth-order valence-electron chi connectivity index (χ4n) is 15.2. The lowest BCUT2D eigenvalue weighted by molar-refractivity contribution is 0.281.